The van der Waals surface area contributed by atoms with E-state index in [1.165, 1.54) is 5.56 Å². The Morgan fingerprint density at radius 3 is 2.33 bits per heavy atom. The summed E-state index contributed by atoms with van der Waals surface area (Å²) in [6, 6.07) is 12.5. The normalized spacial score (nSPS) is 14.7. The highest BCUT2D eigenvalue weighted by Gasteiger charge is 2.26. The Hall–Kier alpha value is -2.76. The summed E-state index contributed by atoms with van der Waals surface area (Å²) in [5, 5.41) is 0. The fourth-order valence-electron chi connectivity index (χ4n) is 3.75. The molecule has 1 aromatic heterocycles. The first-order valence-electron chi connectivity index (χ1n) is 12.0. The van der Waals surface area contributed by atoms with E-state index in [2.05, 4.69) is 62.9 Å². The van der Waals surface area contributed by atoms with Crippen molar-refractivity contribution in [3.63, 3.8) is 0 Å². The highest BCUT2D eigenvalue weighted by atomic mass is 16.6. The van der Waals surface area contributed by atoms with Crippen LogP contribution >= 0.6 is 0 Å². The lowest BCUT2D eigenvalue weighted by atomic mass is 9.98. The Balaban J connectivity index is 1.72. The van der Waals surface area contributed by atoms with Crippen LogP contribution in [0.5, 0.6) is 5.75 Å². The van der Waals surface area contributed by atoms with E-state index in [-0.39, 0.29) is 6.09 Å². The summed E-state index contributed by atoms with van der Waals surface area (Å²) in [7, 11) is 0. The van der Waals surface area contributed by atoms with Crippen molar-refractivity contribution in [3.05, 3.63) is 42.0 Å². The van der Waals surface area contributed by atoms with Gasteiger partial charge in [0.05, 0.1) is 12.3 Å². The molecule has 1 aliphatic heterocycles. The first kappa shape index (κ1) is 24.9. The zero-order chi connectivity index (χ0) is 24.2. The van der Waals surface area contributed by atoms with Crippen LogP contribution in [-0.2, 0) is 4.74 Å². The monoisotopic (exact) mass is 453 g/mol. The zero-order valence-electron chi connectivity index (χ0n) is 21.2. The SMILES string of the molecule is CC(C)COc1ccc(-c2cccc(N3CCN(C(=O)OC(C)(C)C)CC3)n2)cc1C(C)C. The Morgan fingerprint density at radius 1 is 1.03 bits per heavy atom. The molecule has 0 atom stereocenters. The van der Waals surface area contributed by atoms with Gasteiger partial charge in [0.15, 0.2) is 0 Å². The standard InChI is InChI=1S/C27H39N3O3/c1-19(2)18-32-24-12-11-21(17-22(24)20(3)4)23-9-8-10-25(28-23)29-13-15-30(16-14-29)26(31)33-27(5,6)7/h8-12,17,19-20H,13-16,18H2,1-7H3. The number of amides is 1. The molecule has 0 N–H and O–H groups in total. The van der Waals surface area contributed by atoms with Gasteiger partial charge in [-0.3, -0.25) is 0 Å². The molecule has 180 valence electrons. The fraction of sp³-hybridized carbons (Fsp3) is 0.556. The minimum Gasteiger partial charge on any atom is -0.493 e. The molecule has 1 amide bonds. The molecule has 1 aliphatic rings. The van der Waals surface area contributed by atoms with E-state index < -0.39 is 5.60 Å². The van der Waals surface area contributed by atoms with E-state index in [9.17, 15) is 4.79 Å². The van der Waals surface area contributed by atoms with Crippen LogP contribution in [0.25, 0.3) is 11.3 Å². The molecule has 1 saturated heterocycles. The van der Waals surface area contributed by atoms with Crippen molar-refractivity contribution in [2.45, 2.75) is 60.0 Å². The third kappa shape index (κ3) is 6.86. The van der Waals surface area contributed by atoms with Gasteiger partial charge in [-0.25, -0.2) is 9.78 Å². The number of carbonyl (C=O) groups is 1. The summed E-state index contributed by atoms with van der Waals surface area (Å²) >= 11 is 0. The molecular weight excluding hydrogens is 414 g/mol. The average molecular weight is 454 g/mol. The molecule has 0 radical (unpaired) electrons. The second kappa shape index (κ2) is 10.4. The van der Waals surface area contributed by atoms with Crippen molar-refractivity contribution in [1.29, 1.82) is 0 Å². The van der Waals surface area contributed by atoms with Crippen molar-refractivity contribution in [2.75, 3.05) is 37.7 Å². The lowest BCUT2D eigenvalue weighted by Gasteiger charge is -2.36. The van der Waals surface area contributed by atoms with E-state index in [0.717, 1.165) is 35.9 Å². The Bertz CT molecular complexity index is 942. The number of hydrogen-bond acceptors (Lipinski definition) is 5. The molecule has 1 aromatic carbocycles. The Morgan fingerprint density at radius 2 is 1.73 bits per heavy atom. The minimum atomic E-state index is -0.478. The third-order valence-corrected chi connectivity index (χ3v) is 5.49. The molecule has 0 bridgehead atoms. The largest absolute Gasteiger partial charge is 0.493 e. The molecule has 0 saturated carbocycles. The quantitative estimate of drug-likeness (QED) is 0.540. The number of rotatable bonds is 6. The molecule has 0 spiro atoms. The van der Waals surface area contributed by atoms with Crippen LogP contribution in [0.1, 0.15) is 59.9 Å². The smallest absolute Gasteiger partial charge is 0.410 e. The van der Waals surface area contributed by atoms with Gasteiger partial charge < -0.3 is 19.3 Å². The topological polar surface area (TPSA) is 54.9 Å². The van der Waals surface area contributed by atoms with Crippen molar-refractivity contribution in [3.8, 4) is 17.0 Å². The summed E-state index contributed by atoms with van der Waals surface area (Å²) in [4.78, 5) is 21.3. The molecule has 0 unspecified atom stereocenters. The van der Waals surface area contributed by atoms with E-state index in [4.69, 9.17) is 14.5 Å². The average Bonchev–Trinajstić information content (AvgIpc) is 2.76. The maximum atomic E-state index is 12.4. The number of aromatic nitrogens is 1. The summed E-state index contributed by atoms with van der Waals surface area (Å²) < 4.78 is 11.6. The van der Waals surface area contributed by atoms with Crippen LogP contribution in [0.3, 0.4) is 0 Å². The summed E-state index contributed by atoms with van der Waals surface area (Å²) in [6.07, 6.45) is -0.246. The van der Waals surface area contributed by atoms with Gasteiger partial charge in [0.25, 0.3) is 0 Å². The van der Waals surface area contributed by atoms with Crippen molar-refractivity contribution in [1.82, 2.24) is 9.88 Å². The first-order chi connectivity index (χ1) is 15.5. The van der Waals surface area contributed by atoms with Crippen LogP contribution in [0.4, 0.5) is 10.6 Å². The molecular formula is C27H39N3O3. The highest BCUT2D eigenvalue weighted by molar-refractivity contribution is 5.69. The Labute approximate surface area is 198 Å². The van der Waals surface area contributed by atoms with Gasteiger partial charge in [-0.2, -0.15) is 0 Å². The Kier molecular flexibility index (Phi) is 7.88. The molecule has 6 heteroatoms. The van der Waals surface area contributed by atoms with Crippen LogP contribution in [0.2, 0.25) is 0 Å². The predicted octanol–water partition coefficient (Wildman–Crippen LogP) is 5.96. The summed E-state index contributed by atoms with van der Waals surface area (Å²) in [5.74, 6) is 2.73. The molecule has 6 nitrogen and oxygen atoms in total. The van der Waals surface area contributed by atoms with Gasteiger partial charge in [-0.15, -0.1) is 0 Å². The zero-order valence-corrected chi connectivity index (χ0v) is 21.2. The number of ether oxygens (including phenoxy) is 2. The van der Waals surface area contributed by atoms with Crippen LogP contribution in [-0.4, -0.2) is 54.4 Å². The van der Waals surface area contributed by atoms with Crippen molar-refractivity contribution < 1.29 is 14.3 Å². The number of piperazine rings is 1. The summed E-state index contributed by atoms with van der Waals surface area (Å²) in [5.41, 5.74) is 2.75. The lowest BCUT2D eigenvalue weighted by Crippen LogP contribution is -2.50. The van der Waals surface area contributed by atoms with Gasteiger partial charge in [-0.05, 0) is 68.5 Å². The van der Waals surface area contributed by atoms with Crippen LogP contribution in [0.15, 0.2) is 36.4 Å². The minimum absolute atomic E-state index is 0.246. The van der Waals surface area contributed by atoms with Gasteiger partial charge >= 0.3 is 6.09 Å². The maximum absolute atomic E-state index is 12.4. The molecule has 2 heterocycles. The highest BCUT2D eigenvalue weighted by Crippen LogP contribution is 2.32. The lowest BCUT2D eigenvalue weighted by molar-refractivity contribution is 0.0240. The van der Waals surface area contributed by atoms with E-state index in [0.29, 0.717) is 31.5 Å². The molecule has 3 rings (SSSR count). The first-order valence-corrected chi connectivity index (χ1v) is 12.0. The second-order valence-corrected chi connectivity index (χ2v) is 10.4. The van der Waals surface area contributed by atoms with Crippen LogP contribution < -0.4 is 9.64 Å². The molecule has 0 aliphatic carbocycles. The number of anilines is 1. The molecule has 33 heavy (non-hydrogen) atoms. The van der Waals surface area contributed by atoms with Crippen molar-refractivity contribution in [2.24, 2.45) is 5.92 Å². The third-order valence-electron chi connectivity index (χ3n) is 5.49. The van der Waals surface area contributed by atoms with E-state index in [1.54, 1.807) is 4.90 Å². The number of benzene rings is 1. The fourth-order valence-corrected chi connectivity index (χ4v) is 3.75. The van der Waals surface area contributed by atoms with Gasteiger partial charge in [0, 0.05) is 31.7 Å². The van der Waals surface area contributed by atoms with Crippen molar-refractivity contribution >= 4 is 11.9 Å². The number of pyridine rings is 1. The van der Waals surface area contributed by atoms with Gasteiger partial charge in [0.2, 0.25) is 0 Å². The number of carbonyl (C=O) groups excluding carboxylic acids is 1. The van der Waals surface area contributed by atoms with E-state index in [1.807, 2.05) is 26.8 Å². The summed E-state index contributed by atoms with van der Waals surface area (Å²) in [6.45, 7) is 17.8. The van der Waals surface area contributed by atoms with Crippen LogP contribution in [0, 0.1) is 5.92 Å². The maximum Gasteiger partial charge on any atom is 0.410 e. The predicted molar refractivity (Wildman–Crippen MR) is 134 cm³/mol. The second-order valence-electron chi connectivity index (χ2n) is 10.4. The van der Waals surface area contributed by atoms with Gasteiger partial charge in [0.1, 0.15) is 17.2 Å². The molecule has 1 fully saturated rings. The molecule has 2 aromatic rings. The van der Waals surface area contributed by atoms with E-state index >= 15 is 0 Å². The number of nitrogens with zero attached hydrogens (tertiary/aromatic N) is 3. The number of hydrogen-bond donors (Lipinski definition) is 0. The van der Waals surface area contributed by atoms with Gasteiger partial charge in [-0.1, -0.05) is 33.8 Å².